The monoisotopic (exact) mass is 464 g/mol. The van der Waals surface area contributed by atoms with E-state index in [9.17, 15) is 4.79 Å². The number of thioether (sulfide) groups is 1. The molecule has 0 bridgehead atoms. The molecular formula is C26H32N4O2S. The lowest BCUT2D eigenvalue weighted by Gasteiger charge is -2.16. The molecule has 0 fully saturated rings. The highest BCUT2D eigenvalue weighted by molar-refractivity contribution is 7.99. The molecule has 0 aliphatic carbocycles. The zero-order valence-electron chi connectivity index (χ0n) is 19.7. The summed E-state index contributed by atoms with van der Waals surface area (Å²) in [7, 11) is 0. The highest BCUT2D eigenvalue weighted by atomic mass is 32.2. The number of hydrogen-bond acceptors (Lipinski definition) is 5. The standard InChI is InChI=1S/C26H32N4O2S/c1-6-16-30-25(19(5)32-22-14-12-21(13-15-22)18(3)4)28-29-26(30)33-17-24(31)27-23-11-9-8-10-20(23)7-2/h6,8-15,18-19H,1,7,16-17H2,2-5H3,(H,27,31). The van der Waals surface area contributed by atoms with Gasteiger partial charge in [-0.2, -0.15) is 0 Å². The first-order valence-electron chi connectivity index (χ1n) is 11.2. The van der Waals surface area contributed by atoms with E-state index in [0.717, 1.165) is 23.4 Å². The fourth-order valence-electron chi connectivity index (χ4n) is 3.46. The topological polar surface area (TPSA) is 69.0 Å². The van der Waals surface area contributed by atoms with Gasteiger partial charge in [0, 0.05) is 12.2 Å². The predicted molar refractivity (Wildman–Crippen MR) is 135 cm³/mol. The highest BCUT2D eigenvalue weighted by Gasteiger charge is 2.20. The van der Waals surface area contributed by atoms with E-state index in [1.807, 2.05) is 47.9 Å². The van der Waals surface area contributed by atoms with E-state index >= 15 is 0 Å². The first kappa shape index (κ1) is 24.6. The molecule has 0 aliphatic rings. The second-order valence-corrected chi connectivity index (χ2v) is 9.01. The molecular weight excluding hydrogens is 432 g/mol. The number of allylic oxidation sites excluding steroid dienone is 1. The summed E-state index contributed by atoms with van der Waals surface area (Å²) in [5.41, 5.74) is 3.23. The smallest absolute Gasteiger partial charge is 0.234 e. The Morgan fingerprint density at radius 2 is 1.88 bits per heavy atom. The average Bonchev–Trinajstić information content (AvgIpc) is 3.21. The second kappa shape index (κ2) is 11.7. The highest BCUT2D eigenvalue weighted by Crippen LogP contribution is 2.26. The number of para-hydroxylation sites is 1. The molecule has 0 aliphatic heterocycles. The van der Waals surface area contributed by atoms with Crippen molar-refractivity contribution in [2.45, 2.75) is 57.8 Å². The fourth-order valence-corrected chi connectivity index (χ4v) is 4.22. The minimum Gasteiger partial charge on any atom is -0.483 e. The zero-order chi connectivity index (χ0) is 23.8. The lowest BCUT2D eigenvalue weighted by molar-refractivity contribution is -0.113. The third-order valence-corrected chi connectivity index (χ3v) is 6.25. The van der Waals surface area contributed by atoms with Gasteiger partial charge in [0.15, 0.2) is 17.1 Å². The van der Waals surface area contributed by atoms with Crippen LogP contribution in [-0.2, 0) is 17.8 Å². The summed E-state index contributed by atoms with van der Waals surface area (Å²) in [5, 5.41) is 12.3. The summed E-state index contributed by atoms with van der Waals surface area (Å²) in [5.74, 6) is 2.11. The molecule has 1 N–H and O–H groups in total. The maximum absolute atomic E-state index is 12.5. The van der Waals surface area contributed by atoms with Crippen molar-refractivity contribution in [3.05, 3.63) is 78.1 Å². The number of ether oxygens (including phenoxy) is 1. The van der Waals surface area contributed by atoms with Crippen LogP contribution in [0.5, 0.6) is 5.75 Å². The molecule has 174 valence electrons. The van der Waals surface area contributed by atoms with Crippen molar-refractivity contribution in [1.29, 1.82) is 0 Å². The van der Waals surface area contributed by atoms with E-state index in [-0.39, 0.29) is 17.8 Å². The van der Waals surface area contributed by atoms with E-state index in [1.54, 1.807) is 6.08 Å². The van der Waals surface area contributed by atoms with Gasteiger partial charge in [-0.3, -0.25) is 9.36 Å². The maximum Gasteiger partial charge on any atom is 0.234 e. The van der Waals surface area contributed by atoms with Crippen LogP contribution >= 0.6 is 11.8 Å². The summed E-state index contributed by atoms with van der Waals surface area (Å²) in [4.78, 5) is 12.5. The summed E-state index contributed by atoms with van der Waals surface area (Å²) in [6.07, 6.45) is 2.35. The van der Waals surface area contributed by atoms with Gasteiger partial charge in [0.25, 0.3) is 0 Å². The minimum absolute atomic E-state index is 0.0786. The van der Waals surface area contributed by atoms with E-state index in [2.05, 4.69) is 55.0 Å². The van der Waals surface area contributed by atoms with Crippen molar-refractivity contribution in [3.8, 4) is 5.75 Å². The average molecular weight is 465 g/mol. The van der Waals surface area contributed by atoms with E-state index in [4.69, 9.17) is 4.74 Å². The van der Waals surface area contributed by atoms with Crippen LogP contribution in [-0.4, -0.2) is 26.4 Å². The summed E-state index contributed by atoms with van der Waals surface area (Å²) in [6, 6.07) is 16.0. The van der Waals surface area contributed by atoms with Crippen molar-refractivity contribution < 1.29 is 9.53 Å². The molecule has 0 saturated carbocycles. The van der Waals surface area contributed by atoms with Gasteiger partial charge in [-0.1, -0.05) is 68.9 Å². The Balaban J connectivity index is 1.66. The van der Waals surface area contributed by atoms with E-state index in [1.165, 1.54) is 17.3 Å². The molecule has 1 aromatic heterocycles. The molecule has 7 heteroatoms. The molecule has 6 nitrogen and oxygen atoms in total. The van der Waals surface area contributed by atoms with Gasteiger partial charge in [0.05, 0.1) is 5.75 Å². The van der Waals surface area contributed by atoms with Crippen LogP contribution in [0.15, 0.2) is 66.3 Å². The first-order valence-corrected chi connectivity index (χ1v) is 12.2. The van der Waals surface area contributed by atoms with Crippen LogP contribution in [0.3, 0.4) is 0 Å². The Morgan fingerprint density at radius 3 is 2.55 bits per heavy atom. The van der Waals surface area contributed by atoms with Gasteiger partial charge in [0.2, 0.25) is 5.91 Å². The third-order valence-electron chi connectivity index (χ3n) is 5.29. The number of aromatic nitrogens is 3. The number of nitrogens with zero attached hydrogens (tertiary/aromatic N) is 3. The quantitative estimate of drug-likeness (QED) is 0.278. The Labute approximate surface area is 200 Å². The molecule has 1 amide bonds. The number of nitrogens with one attached hydrogen (secondary N) is 1. The lowest BCUT2D eigenvalue weighted by atomic mass is 10.0. The number of amides is 1. The maximum atomic E-state index is 12.5. The third kappa shape index (κ3) is 6.48. The largest absolute Gasteiger partial charge is 0.483 e. The molecule has 1 atom stereocenters. The number of carbonyl (C=O) groups excluding carboxylic acids is 1. The molecule has 0 saturated heterocycles. The predicted octanol–water partition coefficient (Wildman–Crippen LogP) is 6.02. The number of anilines is 1. The van der Waals surface area contributed by atoms with Gasteiger partial charge in [-0.25, -0.2) is 0 Å². The SMILES string of the molecule is C=CCn1c(SCC(=O)Nc2ccccc2CC)nnc1C(C)Oc1ccc(C(C)C)cc1. The van der Waals surface area contributed by atoms with Crippen molar-refractivity contribution in [2.75, 3.05) is 11.1 Å². The number of carbonyl (C=O) groups is 1. The minimum atomic E-state index is -0.304. The molecule has 3 aromatic rings. The summed E-state index contributed by atoms with van der Waals surface area (Å²) in [6.45, 7) is 12.7. The number of hydrogen-bond donors (Lipinski definition) is 1. The number of rotatable bonds is 11. The summed E-state index contributed by atoms with van der Waals surface area (Å²) < 4.78 is 8.06. The second-order valence-electron chi connectivity index (χ2n) is 8.07. The van der Waals surface area contributed by atoms with Crippen LogP contribution in [0.2, 0.25) is 0 Å². The molecule has 3 rings (SSSR count). The molecule has 0 spiro atoms. The molecule has 1 heterocycles. The van der Waals surface area contributed by atoms with Crippen LogP contribution in [0.1, 0.15) is 56.7 Å². The number of aryl methyl sites for hydroxylation is 1. The van der Waals surface area contributed by atoms with Gasteiger partial charge in [0.1, 0.15) is 5.75 Å². The van der Waals surface area contributed by atoms with Gasteiger partial charge < -0.3 is 10.1 Å². The Kier molecular flexibility index (Phi) is 8.72. The van der Waals surface area contributed by atoms with Crippen molar-refractivity contribution in [3.63, 3.8) is 0 Å². The summed E-state index contributed by atoms with van der Waals surface area (Å²) >= 11 is 1.35. The Hall–Kier alpha value is -3.06. The molecule has 2 aromatic carbocycles. The normalized spacial score (nSPS) is 11.9. The van der Waals surface area contributed by atoms with Gasteiger partial charge >= 0.3 is 0 Å². The first-order chi connectivity index (χ1) is 15.9. The molecule has 1 unspecified atom stereocenters. The van der Waals surface area contributed by atoms with Gasteiger partial charge in [-0.15, -0.1) is 16.8 Å². The van der Waals surface area contributed by atoms with Crippen LogP contribution in [0, 0.1) is 0 Å². The zero-order valence-corrected chi connectivity index (χ0v) is 20.6. The lowest BCUT2D eigenvalue weighted by Crippen LogP contribution is -2.16. The van der Waals surface area contributed by atoms with Crippen LogP contribution in [0.25, 0.3) is 0 Å². The molecule has 0 radical (unpaired) electrons. The molecule has 33 heavy (non-hydrogen) atoms. The van der Waals surface area contributed by atoms with Crippen molar-refractivity contribution in [2.24, 2.45) is 0 Å². The van der Waals surface area contributed by atoms with Crippen molar-refractivity contribution >= 4 is 23.4 Å². The van der Waals surface area contributed by atoms with E-state index in [0.29, 0.717) is 23.4 Å². The van der Waals surface area contributed by atoms with Gasteiger partial charge in [-0.05, 0) is 48.6 Å². The Bertz CT molecular complexity index is 1080. The number of benzene rings is 2. The van der Waals surface area contributed by atoms with Crippen molar-refractivity contribution in [1.82, 2.24) is 14.8 Å². The van der Waals surface area contributed by atoms with Crippen LogP contribution < -0.4 is 10.1 Å². The fraction of sp³-hybridized carbons (Fsp3) is 0.346. The Morgan fingerprint density at radius 1 is 1.15 bits per heavy atom. The van der Waals surface area contributed by atoms with Crippen LogP contribution in [0.4, 0.5) is 5.69 Å². The van der Waals surface area contributed by atoms with E-state index < -0.39 is 0 Å².